The van der Waals surface area contributed by atoms with Crippen LogP contribution < -0.4 is 26.2 Å². The summed E-state index contributed by atoms with van der Waals surface area (Å²) >= 11 is 1.32. The van der Waals surface area contributed by atoms with Crippen LogP contribution in [0.4, 0.5) is 8.78 Å². The molecule has 0 saturated heterocycles. The number of nitrogens with two attached hydrogens (primary N) is 1. The number of rotatable bonds is 10. The molecule has 3 rings (SSSR count). The van der Waals surface area contributed by atoms with Gasteiger partial charge in [0, 0.05) is 42.9 Å². The van der Waals surface area contributed by atoms with Gasteiger partial charge in [0.05, 0.1) is 23.6 Å². The molecular formula is C25H29F2N5O3S. The van der Waals surface area contributed by atoms with E-state index in [0.29, 0.717) is 22.1 Å². The molecule has 2 aromatic rings. The monoisotopic (exact) mass is 517 g/mol. The first kappa shape index (κ1) is 27.3. The number of aromatic nitrogens is 1. The van der Waals surface area contributed by atoms with Crippen molar-refractivity contribution in [3.63, 3.8) is 0 Å². The average molecular weight is 518 g/mol. The summed E-state index contributed by atoms with van der Waals surface area (Å²) < 4.78 is 32.2. The summed E-state index contributed by atoms with van der Waals surface area (Å²) in [6.45, 7) is 1.81. The van der Waals surface area contributed by atoms with Gasteiger partial charge < -0.3 is 20.6 Å². The molecule has 0 aliphatic heterocycles. The summed E-state index contributed by atoms with van der Waals surface area (Å²) in [7, 11) is 4.88. The Balaban J connectivity index is 1.93. The molecule has 0 radical (unpaired) electrons. The van der Waals surface area contributed by atoms with Crippen molar-refractivity contribution in [2.24, 2.45) is 11.7 Å². The first-order chi connectivity index (χ1) is 17.2. The van der Waals surface area contributed by atoms with Crippen molar-refractivity contribution >= 4 is 17.7 Å². The molecule has 8 nitrogen and oxygen atoms in total. The normalized spacial score (nSPS) is 14.3. The fourth-order valence-electron chi connectivity index (χ4n) is 3.10. The molecule has 11 heteroatoms. The predicted octanol–water partition coefficient (Wildman–Crippen LogP) is 4.08. The summed E-state index contributed by atoms with van der Waals surface area (Å²) in [5, 5.41) is 4.12. The zero-order valence-electron chi connectivity index (χ0n) is 20.5. The van der Waals surface area contributed by atoms with Gasteiger partial charge >= 0.3 is 0 Å². The van der Waals surface area contributed by atoms with Crippen LogP contribution in [-0.2, 0) is 0 Å². The lowest BCUT2D eigenvalue weighted by Gasteiger charge is -2.18. The number of halogens is 2. The summed E-state index contributed by atoms with van der Waals surface area (Å²) in [5.41, 5.74) is 8.79. The van der Waals surface area contributed by atoms with Crippen LogP contribution in [-0.4, -0.2) is 42.5 Å². The number of thioether (sulfide) groups is 1. The van der Waals surface area contributed by atoms with E-state index in [0.717, 1.165) is 12.8 Å². The van der Waals surface area contributed by atoms with E-state index in [9.17, 15) is 13.6 Å². The van der Waals surface area contributed by atoms with Crippen LogP contribution in [0.15, 0.2) is 41.6 Å². The van der Waals surface area contributed by atoms with Gasteiger partial charge in [-0.1, -0.05) is 29.2 Å². The van der Waals surface area contributed by atoms with E-state index in [2.05, 4.69) is 27.7 Å². The van der Waals surface area contributed by atoms with Gasteiger partial charge in [0.1, 0.15) is 17.2 Å². The Bertz CT molecular complexity index is 1180. The number of allylic oxidation sites excluding steroid dienone is 1. The first-order valence-corrected chi connectivity index (χ1v) is 12.1. The third-order valence-electron chi connectivity index (χ3n) is 4.97. The van der Waals surface area contributed by atoms with E-state index in [1.165, 1.54) is 37.3 Å². The largest absolute Gasteiger partial charge is 0.494 e. The molecule has 192 valence electrons. The number of methoxy groups -OCH3 is 1. The molecule has 1 heterocycles. The molecule has 1 atom stereocenters. The number of alkyl halides is 2. The number of carbonyl (C=O) groups excluding carboxylic acids is 1. The predicted molar refractivity (Wildman–Crippen MR) is 136 cm³/mol. The summed E-state index contributed by atoms with van der Waals surface area (Å²) in [6.07, 6.45) is 2.03. The lowest BCUT2D eigenvalue weighted by atomic mass is 9.98. The fourth-order valence-corrected chi connectivity index (χ4v) is 3.84. The van der Waals surface area contributed by atoms with E-state index in [1.807, 2.05) is 6.92 Å². The highest BCUT2D eigenvalue weighted by Gasteiger charge is 2.22. The SMILES string of the molecule is COc1cnc(C(F)F)cc1-c1cc(ONN(C)C)ccc1C(=O)NC(C)S/C(C#CC1CC1)=C\N. The lowest BCUT2D eigenvalue weighted by Crippen LogP contribution is -2.33. The zero-order valence-corrected chi connectivity index (χ0v) is 21.3. The smallest absolute Gasteiger partial charge is 0.280 e. The van der Waals surface area contributed by atoms with Crippen molar-refractivity contribution in [3.8, 4) is 34.5 Å². The molecular weight excluding hydrogens is 488 g/mol. The zero-order chi connectivity index (χ0) is 26.2. The van der Waals surface area contributed by atoms with E-state index in [1.54, 1.807) is 37.3 Å². The molecule has 1 amide bonds. The molecule has 1 unspecified atom stereocenters. The average Bonchev–Trinajstić information content (AvgIpc) is 3.69. The minimum Gasteiger partial charge on any atom is -0.494 e. The Morgan fingerprint density at radius 3 is 2.67 bits per heavy atom. The second kappa shape index (κ2) is 12.6. The molecule has 1 aromatic heterocycles. The van der Waals surface area contributed by atoms with E-state index >= 15 is 0 Å². The molecule has 1 aliphatic carbocycles. The maximum Gasteiger partial charge on any atom is 0.280 e. The Morgan fingerprint density at radius 2 is 2.06 bits per heavy atom. The highest BCUT2D eigenvalue weighted by molar-refractivity contribution is 8.03. The van der Waals surface area contributed by atoms with Crippen molar-refractivity contribution < 1.29 is 23.1 Å². The summed E-state index contributed by atoms with van der Waals surface area (Å²) in [6, 6.07) is 5.94. The van der Waals surface area contributed by atoms with Crippen LogP contribution in [0, 0.1) is 17.8 Å². The van der Waals surface area contributed by atoms with Crippen molar-refractivity contribution in [2.45, 2.75) is 31.6 Å². The summed E-state index contributed by atoms with van der Waals surface area (Å²) in [4.78, 5) is 23.2. The van der Waals surface area contributed by atoms with Crippen LogP contribution in [0.2, 0.25) is 0 Å². The fraction of sp³-hybridized carbons (Fsp3) is 0.360. The van der Waals surface area contributed by atoms with Crippen molar-refractivity contribution in [1.29, 1.82) is 0 Å². The maximum absolute atomic E-state index is 13.4. The second-order valence-corrected chi connectivity index (χ2v) is 9.60. The molecule has 1 aromatic carbocycles. The summed E-state index contributed by atoms with van der Waals surface area (Å²) in [5.74, 6) is 6.79. The van der Waals surface area contributed by atoms with Crippen molar-refractivity contribution in [3.05, 3.63) is 52.8 Å². The molecule has 36 heavy (non-hydrogen) atoms. The van der Waals surface area contributed by atoms with Crippen molar-refractivity contribution in [1.82, 2.24) is 20.9 Å². The van der Waals surface area contributed by atoms with Gasteiger partial charge in [-0.15, -0.1) is 0 Å². The number of pyridine rings is 1. The Hall–Kier alpha value is -3.33. The standard InChI is InChI=1S/C25H29F2N5O3S/c1-15(36-18(13-28)9-7-16-5-6-16)30-25(33)19-10-8-17(35-31-32(2)3)11-20(19)21-12-22(24(26)27)29-14-23(21)34-4/h8,10-16,24,31H,5-6,28H2,1-4H3,(H,30,33)/b18-13-. The third-order valence-corrected chi connectivity index (χ3v) is 5.93. The minimum atomic E-state index is -2.79. The number of carbonyl (C=O) groups is 1. The number of hydrogen-bond donors (Lipinski definition) is 3. The Kier molecular flexibility index (Phi) is 9.52. The maximum atomic E-state index is 13.4. The van der Waals surface area contributed by atoms with Crippen LogP contribution in [0.5, 0.6) is 11.5 Å². The molecule has 1 aliphatic rings. The number of nitrogens with zero attached hydrogens (tertiary/aromatic N) is 2. The van der Waals surface area contributed by atoms with Gasteiger partial charge in [0.2, 0.25) is 0 Å². The number of amides is 1. The number of benzene rings is 1. The van der Waals surface area contributed by atoms with Crippen molar-refractivity contribution in [2.75, 3.05) is 21.2 Å². The lowest BCUT2D eigenvalue weighted by molar-refractivity contribution is 0.0434. The van der Waals surface area contributed by atoms with Crippen LogP contribution in [0.25, 0.3) is 11.1 Å². The van der Waals surface area contributed by atoms with Crippen LogP contribution in [0.1, 0.15) is 42.2 Å². The quantitative estimate of drug-likeness (QED) is 0.246. The molecule has 1 fully saturated rings. The number of hydrazine groups is 1. The second-order valence-electron chi connectivity index (χ2n) is 8.21. The van der Waals surface area contributed by atoms with Gasteiger partial charge in [-0.25, -0.2) is 13.8 Å². The van der Waals surface area contributed by atoms with Gasteiger partial charge in [0.25, 0.3) is 12.3 Å². The van der Waals surface area contributed by atoms with E-state index < -0.39 is 18.0 Å². The minimum absolute atomic E-state index is 0.234. The molecule has 0 spiro atoms. The number of nitrogens with one attached hydrogen (secondary N) is 2. The molecule has 0 bridgehead atoms. The highest BCUT2D eigenvalue weighted by Crippen LogP contribution is 2.36. The van der Waals surface area contributed by atoms with Gasteiger partial charge in [-0.2, -0.15) is 0 Å². The number of hydrogen-bond acceptors (Lipinski definition) is 8. The highest BCUT2D eigenvalue weighted by atomic mass is 32.2. The molecule has 4 N–H and O–H groups in total. The van der Waals surface area contributed by atoms with Crippen LogP contribution >= 0.6 is 11.8 Å². The Morgan fingerprint density at radius 1 is 1.31 bits per heavy atom. The van der Waals surface area contributed by atoms with Gasteiger partial charge in [-0.3, -0.25) is 9.78 Å². The first-order valence-electron chi connectivity index (χ1n) is 11.2. The topological polar surface area (TPSA) is 102 Å². The van der Waals surface area contributed by atoms with Gasteiger partial charge in [0.15, 0.2) is 0 Å². The van der Waals surface area contributed by atoms with Crippen LogP contribution in [0.3, 0.4) is 0 Å². The molecule has 1 saturated carbocycles. The van der Waals surface area contributed by atoms with E-state index in [-0.39, 0.29) is 22.3 Å². The van der Waals surface area contributed by atoms with E-state index in [4.69, 9.17) is 15.3 Å². The Labute approximate surface area is 213 Å². The third kappa shape index (κ3) is 7.58. The number of ether oxygens (including phenoxy) is 1. The van der Waals surface area contributed by atoms with Gasteiger partial charge in [-0.05, 0) is 44.0 Å².